The van der Waals surface area contributed by atoms with Gasteiger partial charge in [0.25, 0.3) is 0 Å². The predicted octanol–water partition coefficient (Wildman–Crippen LogP) is 2.77. The number of hydrogen-bond donors (Lipinski definition) is 2. The molecule has 6 nitrogen and oxygen atoms in total. The average Bonchev–Trinajstić information content (AvgIpc) is 3.03. The Hall–Kier alpha value is -2.61. The summed E-state index contributed by atoms with van der Waals surface area (Å²) in [4.78, 5) is 8.51. The fourth-order valence-corrected chi connectivity index (χ4v) is 3.00. The Labute approximate surface area is 136 Å². The Bertz CT molecular complexity index is 872. The van der Waals surface area contributed by atoms with E-state index in [-0.39, 0.29) is 11.7 Å². The third-order valence-corrected chi connectivity index (χ3v) is 4.23. The minimum absolute atomic E-state index is 0.158. The third-order valence-electron chi connectivity index (χ3n) is 4.23. The van der Waals surface area contributed by atoms with Crippen molar-refractivity contribution in [1.82, 2.24) is 25.1 Å². The zero-order valence-electron chi connectivity index (χ0n) is 12.8. The average molecular weight is 330 g/mol. The van der Waals surface area contributed by atoms with E-state index in [1.54, 1.807) is 6.20 Å². The maximum absolute atomic E-state index is 13.9. The number of fused-ring (bicyclic) bond motifs is 1. The van der Waals surface area contributed by atoms with E-state index in [0.717, 1.165) is 32.0 Å². The molecule has 1 aliphatic heterocycles. The van der Waals surface area contributed by atoms with E-state index in [9.17, 15) is 8.78 Å². The van der Waals surface area contributed by atoms with Crippen molar-refractivity contribution in [3.05, 3.63) is 42.4 Å². The van der Waals surface area contributed by atoms with E-state index < -0.39 is 11.6 Å². The normalized spacial score (nSPS) is 15.8. The number of hydrogen-bond acceptors (Lipinski definition) is 5. The van der Waals surface area contributed by atoms with Crippen LogP contribution in [0.5, 0.6) is 0 Å². The summed E-state index contributed by atoms with van der Waals surface area (Å²) in [6.45, 7) is 1.89. The van der Waals surface area contributed by atoms with Crippen LogP contribution < -0.4 is 10.6 Å². The number of benzene rings is 1. The lowest BCUT2D eigenvalue weighted by molar-refractivity contribution is 0.349. The third kappa shape index (κ3) is 2.69. The molecule has 0 amide bonds. The number of nitrogens with zero attached hydrogens (tertiary/aromatic N) is 4. The highest BCUT2D eigenvalue weighted by Crippen LogP contribution is 2.28. The first-order valence-electron chi connectivity index (χ1n) is 7.83. The summed E-state index contributed by atoms with van der Waals surface area (Å²) in [7, 11) is 0. The molecule has 124 valence electrons. The number of halogens is 2. The molecule has 0 aliphatic carbocycles. The lowest BCUT2D eigenvalue weighted by atomic mass is 10.1. The number of aromatic nitrogens is 4. The van der Waals surface area contributed by atoms with Crippen LogP contribution in [-0.4, -0.2) is 32.8 Å². The van der Waals surface area contributed by atoms with Crippen LogP contribution in [0.15, 0.2) is 30.7 Å². The van der Waals surface area contributed by atoms with Crippen molar-refractivity contribution in [3.63, 3.8) is 0 Å². The minimum atomic E-state index is -0.674. The second-order valence-corrected chi connectivity index (χ2v) is 5.78. The maximum Gasteiger partial charge on any atom is 0.163 e. The quantitative estimate of drug-likeness (QED) is 0.773. The van der Waals surface area contributed by atoms with Gasteiger partial charge < -0.3 is 10.6 Å². The molecule has 0 spiro atoms. The molecule has 0 bridgehead atoms. The molecule has 0 radical (unpaired) electrons. The zero-order valence-corrected chi connectivity index (χ0v) is 12.8. The lowest BCUT2D eigenvalue weighted by Crippen LogP contribution is -2.29. The van der Waals surface area contributed by atoms with Crippen molar-refractivity contribution >= 4 is 22.5 Å². The van der Waals surface area contributed by atoms with Gasteiger partial charge in [-0.25, -0.2) is 23.4 Å². The fraction of sp³-hybridized carbons (Fsp3) is 0.312. The van der Waals surface area contributed by atoms with Crippen LogP contribution in [0.2, 0.25) is 0 Å². The molecule has 0 atom stereocenters. The topological polar surface area (TPSA) is 67.7 Å². The second kappa shape index (κ2) is 6.12. The molecule has 3 aromatic rings. The van der Waals surface area contributed by atoms with E-state index in [1.165, 1.54) is 18.5 Å². The van der Waals surface area contributed by atoms with Crippen LogP contribution in [0, 0.1) is 11.6 Å². The van der Waals surface area contributed by atoms with Gasteiger partial charge in [-0.05, 0) is 38.1 Å². The largest absolute Gasteiger partial charge is 0.337 e. The Morgan fingerprint density at radius 1 is 1.17 bits per heavy atom. The summed E-state index contributed by atoms with van der Waals surface area (Å²) in [5, 5.41) is 11.4. The minimum Gasteiger partial charge on any atom is -0.337 e. The van der Waals surface area contributed by atoms with Crippen molar-refractivity contribution in [2.75, 3.05) is 18.4 Å². The number of piperidine rings is 1. The van der Waals surface area contributed by atoms with Crippen LogP contribution in [0.3, 0.4) is 0 Å². The summed E-state index contributed by atoms with van der Waals surface area (Å²) < 4.78 is 28.8. The zero-order chi connectivity index (χ0) is 16.5. The molecule has 3 heterocycles. The summed E-state index contributed by atoms with van der Waals surface area (Å²) in [6, 6.07) is 3.66. The first-order chi connectivity index (χ1) is 11.7. The first kappa shape index (κ1) is 14.9. The number of anilines is 2. The van der Waals surface area contributed by atoms with E-state index in [0.29, 0.717) is 16.9 Å². The number of rotatable bonds is 3. The smallest absolute Gasteiger partial charge is 0.163 e. The Balaban J connectivity index is 1.70. The van der Waals surface area contributed by atoms with Crippen molar-refractivity contribution in [1.29, 1.82) is 0 Å². The van der Waals surface area contributed by atoms with Crippen molar-refractivity contribution in [2.45, 2.75) is 18.9 Å². The van der Waals surface area contributed by atoms with Crippen molar-refractivity contribution < 1.29 is 8.78 Å². The first-order valence-corrected chi connectivity index (χ1v) is 7.83. The Kier molecular flexibility index (Phi) is 3.81. The molecule has 4 rings (SSSR count). The summed E-state index contributed by atoms with van der Waals surface area (Å²) in [6.07, 6.45) is 5.07. The van der Waals surface area contributed by atoms with E-state index in [1.807, 2.05) is 4.68 Å². The van der Waals surface area contributed by atoms with E-state index >= 15 is 0 Å². The van der Waals surface area contributed by atoms with Gasteiger partial charge in [0.1, 0.15) is 23.8 Å². The molecule has 1 fully saturated rings. The van der Waals surface area contributed by atoms with Gasteiger partial charge in [-0.15, -0.1) is 0 Å². The van der Waals surface area contributed by atoms with Crippen molar-refractivity contribution in [3.8, 4) is 0 Å². The monoisotopic (exact) mass is 330 g/mol. The highest BCUT2D eigenvalue weighted by atomic mass is 19.1. The molecule has 0 unspecified atom stereocenters. The van der Waals surface area contributed by atoms with Crippen molar-refractivity contribution in [2.24, 2.45) is 0 Å². The van der Waals surface area contributed by atoms with Gasteiger partial charge in [0.05, 0.1) is 23.3 Å². The molecule has 1 aromatic carbocycles. The van der Waals surface area contributed by atoms with Crippen LogP contribution in [-0.2, 0) is 0 Å². The standard InChI is InChI=1S/C16H16F2N6/c17-10-1-2-14(13(18)7-10)23-15-12-8-22-24(16(12)21-9-20-15)11-3-5-19-6-4-11/h1-2,7-9,11,19H,3-6H2,(H,20,21,23). The highest BCUT2D eigenvalue weighted by Gasteiger charge is 2.20. The summed E-state index contributed by atoms with van der Waals surface area (Å²) in [5.74, 6) is -0.845. The SMILES string of the molecule is Fc1ccc(Nc2ncnc3c2cnn3C2CCNCC2)c(F)c1. The van der Waals surface area contributed by atoms with Crippen LogP contribution in [0.4, 0.5) is 20.3 Å². The molecule has 8 heteroatoms. The molecule has 24 heavy (non-hydrogen) atoms. The van der Waals surface area contributed by atoms with Crippen LogP contribution in [0.25, 0.3) is 11.0 Å². The van der Waals surface area contributed by atoms with Gasteiger partial charge in [0.15, 0.2) is 5.65 Å². The molecular formula is C16H16F2N6. The Morgan fingerprint density at radius 2 is 2.00 bits per heavy atom. The number of nitrogens with one attached hydrogen (secondary N) is 2. The van der Waals surface area contributed by atoms with Gasteiger partial charge in [-0.3, -0.25) is 0 Å². The molecule has 2 aromatic heterocycles. The second-order valence-electron chi connectivity index (χ2n) is 5.78. The van der Waals surface area contributed by atoms with Gasteiger partial charge in [-0.1, -0.05) is 0 Å². The molecule has 2 N–H and O–H groups in total. The maximum atomic E-state index is 13.9. The van der Waals surface area contributed by atoms with Crippen LogP contribution in [0.1, 0.15) is 18.9 Å². The lowest BCUT2D eigenvalue weighted by Gasteiger charge is -2.23. The van der Waals surface area contributed by atoms with Gasteiger partial charge in [-0.2, -0.15) is 5.10 Å². The molecule has 0 saturated carbocycles. The highest BCUT2D eigenvalue weighted by molar-refractivity contribution is 5.88. The molecule has 1 saturated heterocycles. The summed E-state index contributed by atoms with van der Waals surface area (Å²) >= 11 is 0. The van der Waals surface area contributed by atoms with Gasteiger partial charge in [0, 0.05) is 6.07 Å². The van der Waals surface area contributed by atoms with E-state index in [4.69, 9.17) is 0 Å². The molecule has 1 aliphatic rings. The van der Waals surface area contributed by atoms with Crippen LogP contribution >= 0.6 is 0 Å². The molecular weight excluding hydrogens is 314 g/mol. The summed E-state index contributed by atoms with van der Waals surface area (Å²) in [5.41, 5.74) is 0.868. The van der Waals surface area contributed by atoms with Gasteiger partial charge in [0.2, 0.25) is 0 Å². The predicted molar refractivity (Wildman–Crippen MR) is 86.1 cm³/mol. The van der Waals surface area contributed by atoms with E-state index in [2.05, 4.69) is 25.7 Å². The fourth-order valence-electron chi connectivity index (χ4n) is 3.00. The van der Waals surface area contributed by atoms with Gasteiger partial charge >= 0.3 is 0 Å². The Morgan fingerprint density at radius 3 is 2.79 bits per heavy atom.